The molecule has 0 unspecified atom stereocenters. The van der Waals surface area contributed by atoms with Gasteiger partial charge in [-0.25, -0.2) is 4.39 Å². The quantitative estimate of drug-likeness (QED) is 0.617. The van der Waals surface area contributed by atoms with Crippen LogP contribution in [0.5, 0.6) is 0 Å². The number of thioether (sulfide) groups is 1. The lowest BCUT2D eigenvalue weighted by Crippen LogP contribution is -2.25. The van der Waals surface area contributed by atoms with Gasteiger partial charge in [-0.15, -0.1) is 0 Å². The maximum Gasteiger partial charge on any atom is 0.293 e. The summed E-state index contributed by atoms with van der Waals surface area (Å²) in [4.78, 5) is 21.7. The average molecular weight is 329 g/mol. The first-order valence-electron chi connectivity index (χ1n) is 6.06. The highest BCUT2D eigenvalue weighted by molar-refractivity contribution is 7.98. The first-order valence-corrected chi connectivity index (χ1v) is 7.59. The molecule has 1 aromatic rings. The third-order valence-corrected chi connectivity index (χ3v) is 3.68. The van der Waals surface area contributed by atoms with Crippen LogP contribution in [0.25, 0.3) is 0 Å². The fourth-order valence-electron chi connectivity index (χ4n) is 1.38. The summed E-state index contributed by atoms with van der Waals surface area (Å²) in [7, 11) is 0. The van der Waals surface area contributed by atoms with Crippen LogP contribution in [0.3, 0.4) is 0 Å². The molecule has 1 aromatic carbocycles. The number of nitrogens with two attached hydrogens (primary N) is 1. The van der Waals surface area contributed by atoms with Crippen molar-refractivity contribution >= 4 is 35.2 Å². The van der Waals surface area contributed by atoms with Crippen LogP contribution >= 0.6 is 23.4 Å². The van der Waals surface area contributed by atoms with Crippen molar-refractivity contribution in [2.75, 3.05) is 12.3 Å². The molecular formula is C14H14ClFN2O2S. The monoisotopic (exact) mass is 328 g/mol. The summed E-state index contributed by atoms with van der Waals surface area (Å²) in [5, 5.41) is 3.03. The molecule has 3 N–H and O–H groups in total. The van der Waals surface area contributed by atoms with Crippen molar-refractivity contribution in [2.24, 2.45) is 5.73 Å². The largest absolute Gasteiger partial charge is 0.359 e. The Labute approximate surface area is 131 Å². The molecule has 7 heteroatoms. The minimum Gasteiger partial charge on any atom is -0.359 e. The number of benzene rings is 1. The number of carbonyl (C=O) groups is 2. The molecule has 0 fully saturated rings. The SMILES string of the molecule is NC(=O)C#CCC(=O)NCCSCc1c(F)cccc1Cl. The van der Waals surface area contributed by atoms with E-state index in [1.807, 2.05) is 0 Å². The lowest BCUT2D eigenvalue weighted by atomic mass is 10.2. The molecule has 0 radical (unpaired) electrons. The molecule has 0 heterocycles. The molecule has 112 valence electrons. The van der Waals surface area contributed by atoms with E-state index in [0.717, 1.165) is 0 Å². The number of hydrogen-bond donors (Lipinski definition) is 2. The second-order valence-corrected chi connectivity index (χ2v) is 5.46. The third-order valence-electron chi connectivity index (χ3n) is 2.34. The summed E-state index contributed by atoms with van der Waals surface area (Å²) in [6.45, 7) is 0.424. The Morgan fingerprint density at radius 1 is 1.43 bits per heavy atom. The van der Waals surface area contributed by atoms with Crippen LogP contribution in [0.15, 0.2) is 18.2 Å². The molecule has 0 spiro atoms. The van der Waals surface area contributed by atoms with E-state index in [1.165, 1.54) is 17.8 Å². The summed E-state index contributed by atoms with van der Waals surface area (Å²) in [6.07, 6.45) is -0.0766. The maximum atomic E-state index is 13.5. The van der Waals surface area contributed by atoms with E-state index in [4.69, 9.17) is 17.3 Å². The van der Waals surface area contributed by atoms with Gasteiger partial charge in [-0.3, -0.25) is 9.59 Å². The average Bonchev–Trinajstić information content (AvgIpc) is 2.41. The maximum absolute atomic E-state index is 13.5. The van der Waals surface area contributed by atoms with Crippen LogP contribution < -0.4 is 11.1 Å². The van der Waals surface area contributed by atoms with Crippen molar-refractivity contribution in [3.8, 4) is 11.8 Å². The van der Waals surface area contributed by atoms with Crippen molar-refractivity contribution in [2.45, 2.75) is 12.2 Å². The normalized spacial score (nSPS) is 9.62. The van der Waals surface area contributed by atoms with Crippen LogP contribution in [0.2, 0.25) is 5.02 Å². The molecule has 0 saturated carbocycles. The zero-order valence-electron chi connectivity index (χ0n) is 11.1. The van der Waals surface area contributed by atoms with Crippen LogP contribution in [0.4, 0.5) is 4.39 Å². The number of nitrogens with one attached hydrogen (secondary N) is 1. The van der Waals surface area contributed by atoms with Gasteiger partial charge in [-0.05, 0) is 18.1 Å². The lowest BCUT2D eigenvalue weighted by molar-refractivity contribution is -0.120. The topological polar surface area (TPSA) is 72.2 Å². The Hall–Kier alpha value is -1.71. The summed E-state index contributed by atoms with van der Waals surface area (Å²) in [6, 6.07) is 4.56. The van der Waals surface area contributed by atoms with E-state index in [-0.39, 0.29) is 18.1 Å². The molecule has 0 bridgehead atoms. The van der Waals surface area contributed by atoms with Crippen molar-refractivity contribution in [3.63, 3.8) is 0 Å². The van der Waals surface area contributed by atoms with Crippen LogP contribution in [-0.2, 0) is 15.3 Å². The Morgan fingerprint density at radius 2 is 2.19 bits per heavy atom. The van der Waals surface area contributed by atoms with Gasteiger partial charge >= 0.3 is 0 Å². The fraction of sp³-hybridized carbons (Fsp3) is 0.286. The molecule has 0 aliphatic rings. The Morgan fingerprint density at radius 3 is 2.86 bits per heavy atom. The molecule has 4 nitrogen and oxygen atoms in total. The highest BCUT2D eigenvalue weighted by Gasteiger charge is 2.06. The standard InChI is InChI=1S/C14H14ClFN2O2S/c15-11-3-1-4-12(16)10(11)9-21-8-7-18-14(20)6-2-5-13(17)19/h1,3-4H,6-9H2,(H2,17,19)(H,18,20). The van der Waals surface area contributed by atoms with Crippen molar-refractivity contribution in [1.82, 2.24) is 5.32 Å². The van der Waals surface area contributed by atoms with E-state index in [0.29, 0.717) is 28.6 Å². The van der Waals surface area contributed by atoms with E-state index >= 15 is 0 Å². The summed E-state index contributed by atoms with van der Waals surface area (Å²) in [5.41, 5.74) is 5.27. The van der Waals surface area contributed by atoms with Gasteiger partial charge in [-0.2, -0.15) is 11.8 Å². The van der Waals surface area contributed by atoms with E-state index in [9.17, 15) is 14.0 Å². The number of carbonyl (C=O) groups excluding carboxylic acids is 2. The first-order chi connectivity index (χ1) is 10.0. The van der Waals surface area contributed by atoms with Gasteiger partial charge in [0.25, 0.3) is 5.91 Å². The molecule has 2 amide bonds. The van der Waals surface area contributed by atoms with Crippen molar-refractivity contribution < 1.29 is 14.0 Å². The fourth-order valence-corrected chi connectivity index (χ4v) is 2.58. The van der Waals surface area contributed by atoms with Crippen LogP contribution in [-0.4, -0.2) is 24.1 Å². The smallest absolute Gasteiger partial charge is 0.293 e. The van der Waals surface area contributed by atoms with E-state index in [1.54, 1.807) is 12.1 Å². The number of halogens is 2. The number of amides is 2. The Balaban J connectivity index is 2.22. The van der Waals surface area contributed by atoms with Gasteiger partial charge in [0.15, 0.2) is 0 Å². The Kier molecular flexibility index (Phi) is 7.65. The minimum absolute atomic E-state index is 0.0766. The highest BCUT2D eigenvalue weighted by atomic mass is 35.5. The van der Waals surface area contributed by atoms with Crippen LogP contribution in [0.1, 0.15) is 12.0 Å². The predicted molar refractivity (Wildman–Crippen MR) is 82.2 cm³/mol. The molecule has 0 aliphatic heterocycles. The summed E-state index contributed by atoms with van der Waals surface area (Å²) in [5.74, 6) is 4.10. The highest BCUT2D eigenvalue weighted by Crippen LogP contribution is 2.23. The Bertz CT molecular complexity index is 564. The molecule has 0 atom stereocenters. The van der Waals surface area contributed by atoms with Crippen molar-refractivity contribution in [1.29, 1.82) is 0 Å². The molecule has 0 aromatic heterocycles. The zero-order chi connectivity index (χ0) is 15.7. The second kappa shape index (κ2) is 9.27. The number of hydrogen-bond acceptors (Lipinski definition) is 3. The minimum atomic E-state index is -0.764. The van der Waals surface area contributed by atoms with Gasteiger partial charge in [0.1, 0.15) is 5.82 Å². The molecule has 21 heavy (non-hydrogen) atoms. The van der Waals surface area contributed by atoms with Crippen molar-refractivity contribution in [3.05, 3.63) is 34.6 Å². The molecular weight excluding hydrogens is 315 g/mol. The molecule has 0 saturated heterocycles. The second-order valence-electron chi connectivity index (χ2n) is 3.95. The third kappa shape index (κ3) is 7.02. The zero-order valence-corrected chi connectivity index (χ0v) is 12.7. The van der Waals surface area contributed by atoms with Gasteiger partial charge in [0.2, 0.25) is 5.91 Å². The summed E-state index contributed by atoms with van der Waals surface area (Å²) < 4.78 is 13.5. The van der Waals surface area contributed by atoms with E-state index < -0.39 is 5.91 Å². The molecule has 0 aliphatic carbocycles. The number of primary amides is 1. The predicted octanol–water partition coefficient (Wildman–Crippen LogP) is 1.71. The molecule has 1 rings (SSSR count). The first kappa shape index (κ1) is 17.3. The van der Waals surface area contributed by atoms with Gasteiger partial charge in [0, 0.05) is 28.6 Å². The summed E-state index contributed by atoms with van der Waals surface area (Å²) >= 11 is 7.36. The van der Waals surface area contributed by atoms with E-state index in [2.05, 4.69) is 17.2 Å². The van der Waals surface area contributed by atoms with Crippen LogP contribution in [0, 0.1) is 17.7 Å². The lowest BCUT2D eigenvalue weighted by Gasteiger charge is -2.06. The number of rotatable bonds is 6. The van der Waals surface area contributed by atoms with Gasteiger partial charge in [0.05, 0.1) is 6.42 Å². The van der Waals surface area contributed by atoms with Gasteiger partial charge < -0.3 is 11.1 Å². The van der Waals surface area contributed by atoms with Gasteiger partial charge in [-0.1, -0.05) is 23.6 Å².